The first-order valence-electron chi connectivity index (χ1n) is 16.4. The summed E-state index contributed by atoms with van der Waals surface area (Å²) in [5, 5.41) is 20.5. The van der Waals surface area contributed by atoms with Crippen molar-refractivity contribution in [3.63, 3.8) is 0 Å². The summed E-state index contributed by atoms with van der Waals surface area (Å²) in [6.45, 7) is 0. The van der Waals surface area contributed by atoms with Gasteiger partial charge < -0.3 is 19.8 Å². The molecule has 0 saturated carbocycles. The van der Waals surface area contributed by atoms with Gasteiger partial charge in [0.25, 0.3) is 0 Å². The number of nitrogens with zero attached hydrogens (tertiary/aromatic N) is 6. The molecule has 8 aromatic rings. The molecule has 0 fully saturated rings. The van der Waals surface area contributed by atoms with Crippen molar-refractivity contribution in [2.45, 2.75) is 27.7 Å². The standard InChI is InChI=1S/C20H17ClN4O2.C19H15ClN4O2.2CH4/c1-25-19(20(27-2)18(24-25)12-6-4-3-5-7-12)16(26)11-17-22-14-9-8-13(21)10-15(14)23-17;1-24-18(19(26)17(23-24)11-5-3-2-4-6-11)15(25)10-16-21-13-8-7-12(20)9-14(13)22-16;;/h3-10H,11H2,1-2H3,(H,22,23);2-9,26H,10H2,1H3,(H,21,22);2*1H4. The fourth-order valence-corrected chi connectivity index (χ4v) is 6.46. The lowest BCUT2D eigenvalue weighted by atomic mass is 10.1. The highest BCUT2D eigenvalue weighted by atomic mass is 35.5. The molecule has 8 rings (SSSR count). The number of halogens is 2. The summed E-state index contributed by atoms with van der Waals surface area (Å²) >= 11 is 12.0. The number of aromatic nitrogens is 8. The van der Waals surface area contributed by atoms with Crippen LogP contribution in [0.5, 0.6) is 11.5 Å². The Labute approximate surface area is 327 Å². The molecule has 12 nitrogen and oxygen atoms in total. The summed E-state index contributed by atoms with van der Waals surface area (Å²) in [5.74, 6) is 1.02. The van der Waals surface area contributed by atoms with Gasteiger partial charge in [-0.2, -0.15) is 10.2 Å². The predicted molar refractivity (Wildman–Crippen MR) is 217 cm³/mol. The lowest BCUT2D eigenvalue weighted by Gasteiger charge is -2.04. The smallest absolute Gasteiger partial charge is 0.192 e. The van der Waals surface area contributed by atoms with Crippen LogP contribution in [0.2, 0.25) is 10.0 Å². The summed E-state index contributed by atoms with van der Waals surface area (Å²) < 4.78 is 8.49. The monoisotopic (exact) mass is 778 g/mol. The van der Waals surface area contributed by atoms with E-state index < -0.39 is 0 Å². The van der Waals surface area contributed by atoms with Crippen LogP contribution >= 0.6 is 23.2 Å². The van der Waals surface area contributed by atoms with E-state index in [1.807, 2.05) is 66.7 Å². The van der Waals surface area contributed by atoms with E-state index >= 15 is 0 Å². The Morgan fingerprint density at radius 2 is 1.11 bits per heavy atom. The molecule has 0 radical (unpaired) electrons. The Morgan fingerprint density at radius 1 is 0.673 bits per heavy atom. The third-order valence-electron chi connectivity index (χ3n) is 8.49. The van der Waals surface area contributed by atoms with Gasteiger partial charge in [-0.25, -0.2) is 9.97 Å². The molecule has 0 atom stereocenters. The van der Waals surface area contributed by atoms with Gasteiger partial charge in [0.1, 0.15) is 34.4 Å². The molecule has 0 bridgehead atoms. The lowest BCUT2D eigenvalue weighted by Crippen LogP contribution is -2.11. The molecule has 282 valence electrons. The minimum absolute atomic E-state index is 0. The van der Waals surface area contributed by atoms with Gasteiger partial charge in [-0.15, -0.1) is 0 Å². The summed E-state index contributed by atoms with van der Waals surface area (Å²) in [5.41, 5.74) is 6.29. The zero-order valence-corrected chi connectivity index (χ0v) is 30.3. The summed E-state index contributed by atoms with van der Waals surface area (Å²) in [4.78, 5) is 40.8. The van der Waals surface area contributed by atoms with Crippen LogP contribution < -0.4 is 4.74 Å². The number of hydrogen-bond donors (Lipinski definition) is 3. The van der Waals surface area contributed by atoms with Crippen LogP contribution in [0.4, 0.5) is 0 Å². The van der Waals surface area contributed by atoms with E-state index in [-0.39, 0.29) is 50.7 Å². The fourth-order valence-electron chi connectivity index (χ4n) is 6.11. The lowest BCUT2D eigenvalue weighted by molar-refractivity contribution is 0.0970. The quantitative estimate of drug-likeness (QED) is 0.123. The van der Waals surface area contributed by atoms with Crippen molar-refractivity contribution in [2.75, 3.05) is 7.11 Å². The zero-order valence-electron chi connectivity index (χ0n) is 28.8. The molecule has 0 saturated heterocycles. The van der Waals surface area contributed by atoms with Gasteiger partial charge in [0.15, 0.2) is 23.1 Å². The van der Waals surface area contributed by atoms with Gasteiger partial charge in [0.05, 0.1) is 42.0 Å². The number of hydrogen-bond acceptors (Lipinski definition) is 8. The van der Waals surface area contributed by atoms with Crippen molar-refractivity contribution in [1.82, 2.24) is 39.5 Å². The number of H-pyrrole nitrogens is 2. The van der Waals surface area contributed by atoms with Crippen molar-refractivity contribution in [3.05, 3.63) is 130 Å². The number of aryl methyl sites for hydroxylation is 2. The van der Waals surface area contributed by atoms with Gasteiger partial charge in [-0.05, 0) is 36.4 Å². The number of aromatic amines is 2. The van der Waals surface area contributed by atoms with E-state index in [2.05, 4.69) is 30.1 Å². The summed E-state index contributed by atoms with van der Waals surface area (Å²) in [6.07, 6.45) is 0.129. The van der Waals surface area contributed by atoms with E-state index in [1.54, 1.807) is 56.2 Å². The summed E-state index contributed by atoms with van der Waals surface area (Å²) in [7, 11) is 4.92. The van der Waals surface area contributed by atoms with Crippen molar-refractivity contribution >= 4 is 56.8 Å². The van der Waals surface area contributed by atoms with E-state index in [4.69, 9.17) is 27.9 Å². The third-order valence-corrected chi connectivity index (χ3v) is 8.96. The molecular formula is C41H40Cl2N8O4. The molecule has 0 amide bonds. The Bertz CT molecular complexity index is 2610. The fraction of sp³-hybridized carbons (Fsp3) is 0.171. The van der Waals surface area contributed by atoms with Crippen molar-refractivity contribution in [1.29, 1.82) is 0 Å². The molecule has 0 aliphatic heterocycles. The molecule has 14 heteroatoms. The number of Topliss-reactive ketones (excluding diaryl/α,β-unsaturated/α-hetero) is 2. The maximum Gasteiger partial charge on any atom is 0.192 e. The highest BCUT2D eigenvalue weighted by Crippen LogP contribution is 2.34. The second kappa shape index (κ2) is 16.8. The predicted octanol–water partition coefficient (Wildman–Crippen LogP) is 9.07. The summed E-state index contributed by atoms with van der Waals surface area (Å²) in [6, 6.07) is 29.6. The topological polar surface area (TPSA) is 157 Å². The maximum atomic E-state index is 13.0. The number of carbonyl (C=O) groups is 2. The van der Waals surface area contributed by atoms with Crippen LogP contribution in [-0.4, -0.2) is 63.3 Å². The third kappa shape index (κ3) is 8.30. The second-order valence-corrected chi connectivity index (χ2v) is 13.0. The molecule has 4 aromatic heterocycles. The number of nitrogens with one attached hydrogen (secondary N) is 2. The molecule has 0 aliphatic carbocycles. The SMILES string of the molecule is C.C.COc1c(-c2ccccc2)nn(C)c1C(=O)Cc1nc2ccc(Cl)cc2[nH]1.Cn1nc(-c2ccccc2)c(O)c1C(=O)Cc1nc2ccc(Cl)cc2[nH]1. The van der Waals surface area contributed by atoms with Gasteiger partial charge >= 0.3 is 0 Å². The number of ether oxygens (including phenoxy) is 1. The molecule has 0 aliphatic rings. The number of imidazole rings is 2. The molecule has 0 spiro atoms. The van der Waals surface area contributed by atoms with Crippen molar-refractivity contribution < 1.29 is 19.4 Å². The average Bonchev–Trinajstić information content (AvgIpc) is 3.90. The molecular weight excluding hydrogens is 739 g/mol. The van der Waals surface area contributed by atoms with Crippen molar-refractivity contribution in [2.24, 2.45) is 14.1 Å². The molecule has 3 N–H and O–H groups in total. The van der Waals surface area contributed by atoms with E-state index in [0.717, 1.165) is 33.2 Å². The average molecular weight is 780 g/mol. The first-order chi connectivity index (χ1) is 25.6. The van der Waals surface area contributed by atoms with Crippen LogP contribution in [0.3, 0.4) is 0 Å². The van der Waals surface area contributed by atoms with Gasteiger partial charge in [-0.1, -0.05) is 98.7 Å². The number of benzene rings is 4. The maximum absolute atomic E-state index is 13.0. The Balaban J connectivity index is 0.000000204. The Hall–Kier alpha value is -6.24. The normalized spacial score (nSPS) is 10.7. The largest absolute Gasteiger partial charge is 0.504 e. The molecule has 0 unspecified atom stereocenters. The van der Waals surface area contributed by atoms with Crippen molar-refractivity contribution in [3.8, 4) is 34.0 Å². The van der Waals surface area contributed by atoms with Crippen LogP contribution in [0.1, 0.15) is 47.5 Å². The van der Waals surface area contributed by atoms with Crippen LogP contribution in [0.15, 0.2) is 97.1 Å². The minimum atomic E-state index is -0.273. The first kappa shape index (κ1) is 40.0. The number of fused-ring (bicyclic) bond motifs is 2. The second-order valence-electron chi connectivity index (χ2n) is 12.1. The van der Waals surface area contributed by atoms with E-state index in [9.17, 15) is 14.7 Å². The number of carbonyl (C=O) groups excluding carboxylic acids is 2. The minimum Gasteiger partial charge on any atom is -0.504 e. The first-order valence-corrected chi connectivity index (χ1v) is 17.2. The van der Waals surface area contributed by atoms with Crippen LogP contribution in [0.25, 0.3) is 44.6 Å². The van der Waals surface area contributed by atoms with Crippen LogP contribution in [0, 0.1) is 0 Å². The molecule has 55 heavy (non-hydrogen) atoms. The van der Waals surface area contributed by atoms with Crippen LogP contribution in [-0.2, 0) is 26.9 Å². The highest BCUT2D eigenvalue weighted by Gasteiger charge is 2.26. The zero-order chi connectivity index (χ0) is 37.2. The van der Waals surface area contributed by atoms with E-state index in [0.29, 0.717) is 44.5 Å². The molecule has 4 heterocycles. The number of aromatic hydroxyl groups is 1. The highest BCUT2D eigenvalue weighted by molar-refractivity contribution is 6.31. The van der Waals surface area contributed by atoms with Gasteiger partial charge in [0, 0.05) is 35.3 Å². The Morgan fingerprint density at radius 3 is 1.60 bits per heavy atom. The Kier molecular flexibility index (Phi) is 12.2. The number of rotatable bonds is 9. The number of ketones is 2. The number of methoxy groups -OCH3 is 1. The van der Waals surface area contributed by atoms with Gasteiger partial charge in [-0.3, -0.25) is 19.0 Å². The van der Waals surface area contributed by atoms with E-state index in [1.165, 1.54) is 4.68 Å². The molecule has 4 aromatic carbocycles. The van der Waals surface area contributed by atoms with Gasteiger partial charge in [0.2, 0.25) is 0 Å².